The molecule has 0 N–H and O–H groups in total. The van der Waals surface area contributed by atoms with Crippen molar-refractivity contribution in [3.8, 4) is 11.5 Å². The van der Waals surface area contributed by atoms with Crippen molar-refractivity contribution >= 4 is 0 Å². The third-order valence-corrected chi connectivity index (χ3v) is 6.02. The fourth-order valence-corrected chi connectivity index (χ4v) is 4.05. The highest BCUT2D eigenvalue weighted by atomic mass is 16.5. The predicted molar refractivity (Wildman–Crippen MR) is 112 cm³/mol. The Morgan fingerprint density at radius 1 is 0.741 bits per heavy atom. The quantitative estimate of drug-likeness (QED) is 0.526. The van der Waals surface area contributed by atoms with Crippen LogP contribution in [0.25, 0.3) is 0 Å². The van der Waals surface area contributed by atoms with E-state index in [9.17, 15) is 0 Å². The zero-order valence-corrected chi connectivity index (χ0v) is 17.1. The number of hydrogen-bond donors (Lipinski definition) is 0. The molecule has 1 aliphatic rings. The van der Waals surface area contributed by atoms with E-state index in [0.717, 1.165) is 30.4 Å². The van der Waals surface area contributed by atoms with Crippen molar-refractivity contribution in [2.24, 2.45) is 0 Å². The largest absolute Gasteiger partial charge is 0.497 e. The van der Waals surface area contributed by atoms with Gasteiger partial charge in [0.1, 0.15) is 11.5 Å². The smallest absolute Gasteiger partial charge is 0.118 e. The number of ether oxygens (including phenoxy) is 2. The molecule has 2 aromatic rings. The van der Waals surface area contributed by atoms with Crippen molar-refractivity contribution in [1.29, 1.82) is 0 Å². The summed E-state index contributed by atoms with van der Waals surface area (Å²) in [6, 6.07) is 18.0. The van der Waals surface area contributed by atoms with Crippen LogP contribution >= 0.6 is 0 Å². The van der Waals surface area contributed by atoms with Gasteiger partial charge in [0.05, 0.1) is 40.4 Å². The fraction of sp³-hybridized carbons (Fsp3) is 0.500. The van der Waals surface area contributed by atoms with Gasteiger partial charge in [-0.1, -0.05) is 24.3 Å². The molecule has 0 aliphatic heterocycles. The lowest BCUT2D eigenvalue weighted by molar-refractivity contribution is -0.920. The zero-order chi connectivity index (χ0) is 19.1. The lowest BCUT2D eigenvalue weighted by Gasteiger charge is -2.35. The highest BCUT2D eigenvalue weighted by Gasteiger charge is 2.40. The van der Waals surface area contributed by atoms with Gasteiger partial charge in [-0.3, -0.25) is 0 Å². The van der Waals surface area contributed by atoms with Crippen LogP contribution in [-0.4, -0.2) is 44.9 Å². The Morgan fingerprint density at radius 2 is 1.15 bits per heavy atom. The Hall–Kier alpha value is -2.00. The molecule has 146 valence electrons. The van der Waals surface area contributed by atoms with E-state index in [1.807, 2.05) is 0 Å². The van der Waals surface area contributed by atoms with Crippen molar-refractivity contribution in [1.82, 2.24) is 0 Å². The summed E-state index contributed by atoms with van der Waals surface area (Å²) in [4.78, 5) is 0. The first-order valence-electron chi connectivity index (χ1n) is 10.2. The molecule has 0 amide bonds. The first kappa shape index (κ1) is 19.8. The minimum Gasteiger partial charge on any atom is -0.497 e. The fourth-order valence-electron chi connectivity index (χ4n) is 4.05. The lowest BCUT2D eigenvalue weighted by Crippen LogP contribution is -2.47. The number of nitrogens with zero attached hydrogens (tertiary/aromatic N) is 1. The Morgan fingerprint density at radius 3 is 1.48 bits per heavy atom. The third-order valence-electron chi connectivity index (χ3n) is 6.02. The minimum absolute atomic E-state index is 0.886. The predicted octanol–water partition coefficient (Wildman–Crippen LogP) is 4.88. The van der Waals surface area contributed by atoms with Gasteiger partial charge in [-0.25, -0.2) is 0 Å². The maximum absolute atomic E-state index is 5.25. The second-order valence-electron chi connectivity index (χ2n) is 8.06. The highest BCUT2D eigenvalue weighted by molar-refractivity contribution is 5.27. The Balaban J connectivity index is 1.46. The molecule has 1 saturated carbocycles. The van der Waals surface area contributed by atoms with E-state index >= 15 is 0 Å². The van der Waals surface area contributed by atoms with E-state index in [-0.39, 0.29) is 0 Å². The number of rotatable bonds is 11. The Bertz CT molecular complexity index is 636. The monoisotopic (exact) mass is 368 g/mol. The molecular weight excluding hydrogens is 334 g/mol. The molecule has 1 aliphatic carbocycles. The number of hydrogen-bond acceptors (Lipinski definition) is 2. The molecule has 0 unspecified atom stereocenters. The first-order valence-corrected chi connectivity index (χ1v) is 10.2. The first-order chi connectivity index (χ1) is 13.1. The average Bonchev–Trinajstić information content (AvgIpc) is 3.55. The second-order valence-corrected chi connectivity index (χ2v) is 8.06. The van der Waals surface area contributed by atoms with Gasteiger partial charge >= 0.3 is 0 Å². The molecule has 0 bridgehead atoms. The van der Waals surface area contributed by atoms with Gasteiger partial charge < -0.3 is 14.0 Å². The van der Waals surface area contributed by atoms with Gasteiger partial charge in [-0.2, -0.15) is 0 Å². The standard InChI is InChI=1S/C24H34NO2/c1-25(22-12-13-22,18-4-6-20-8-14-23(26-2)15-9-20)19-5-7-21-10-16-24(27-3)17-11-21/h8-11,14-17,22H,4-7,12-13,18-19H2,1-3H3/q+1. The Kier molecular flexibility index (Phi) is 6.78. The topological polar surface area (TPSA) is 18.5 Å². The maximum Gasteiger partial charge on any atom is 0.118 e. The lowest BCUT2D eigenvalue weighted by atomic mass is 10.1. The molecular formula is C24H34NO2+. The van der Waals surface area contributed by atoms with Gasteiger partial charge in [0.25, 0.3) is 0 Å². The molecule has 3 heteroatoms. The van der Waals surface area contributed by atoms with E-state index in [1.165, 1.54) is 54.4 Å². The molecule has 0 radical (unpaired) electrons. The molecule has 0 saturated heterocycles. The minimum atomic E-state index is 0.886. The Labute approximate surface area is 164 Å². The van der Waals surface area contributed by atoms with Crippen LogP contribution in [0.3, 0.4) is 0 Å². The summed E-state index contributed by atoms with van der Waals surface area (Å²) >= 11 is 0. The number of quaternary nitrogens is 1. The normalized spacial score (nSPS) is 14.2. The molecule has 2 aromatic carbocycles. The molecule has 0 aromatic heterocycles. The van der Waals surface area contributed by atoms with Crippen molar-refractivity contribution in [3.63, 3.8) is 0 Å². The van der Waals surface area contributed by atoms with Crippen molar-refractivity contribution in [2.75, 3.05) is 34.4 Å². The van der Waals surface area contributed by atoms with E-state index < -0.39 is 0 Å². The summed E-state index contributed by atoms with van der Waals surface area (Å²) < 4.78 is 11.7. The highest BCUT2D eigenvalue weighted by Crippen LogP contribution is 2.33. The molecule has 0 atom stereocenters. The van der Waals surface area contributed by atoms with Crippen LogP contribution in [0.4, 0.5) is 0 Å². The summed E-state index contributed by atoms with van der Waals surface area (Å²) in [7, 11) is 5.92. The number of benzene rings is 2. The van der Waals surface area contributed by atoms with Gasteiger partial charge in [0.15, 0.2) is 0 Å². The van der Waals surface area contributed by atoms with Crippen LogP contribution < -0.4 is 9.47 Å². The molecule has 27 heavy (non-hydrogen) atoms. The van der Waals surface area contributed by atoms with Crippen LogP contribution in [-0.2, 0) is 12.8 Å². The van der Waals surface area contributed by atoms with E-state index in [4.69, 9.17) is 9.47 Å². The van der Waals surface area contributed by atoms with E-state index in [0.29, 0.717) is 0 Å². The van der Waals surface area contributed by atoms with Crippen molar-refractivity contribution < 1.29 is 14.0 Å². The number of methoxy groups -OCH3 is 2. The van der Waals surface area contributed by atoms with Crippen LogP contribution in [0.15, 0.2) is 48.5 Å². The molecule has 0 spiro atoms. The third kappa shape index (κ3) is 5.74. The summed E-state index contributed by atoms with van der Waals surface area (Å²) in [5.41, 5.74) is 2.83. The summed E-state index contributed by atoms with van der Waals surface area (Å²) in [6.45, 7) is 2.55. The van der Waals surface area contributed by atoms with Crippen molar-refractivity contribution in [3.05, 3.63) is 59.7 Å². The van der Waals surface area contributed by atoms with E-state index in [2.05, 4.69) is 55.6 Å². The van der Waals surface area contributed by atoms with Crippen LogP contribution in [0, 0.1) is 0 Å². The van der Waals surface area contributed by atoms with Crippen LogP contribution in [0.2, 0.25) is 0 Å². The summed E-state index contributed by atoms with van der Waals surface area (Å²) in [5, 5.41) is 0. The second kappa shape index (κ2) is 9.27. The van der Waals surface area contributed by atoms with Gasteiger partial charge in [0, 0.05) is 25.7 Å². The van der Waals surface area contributed by atoms with E-state index in [1.54, 1.807) is 14.2 Å². The molecule has 3 nitrogen and oxygen atoms in total. The molecule has 0 heterocycles. The summed E-state index contributed by atoms with van der Waals surface area (Å²) in [5.74, 6) is 1.88. The molecule has 1 fully saturated rings. The number of aryl methyl sites for hydroxylation is 2. The van der Waals surface area contributed by atoms with Gasteiger partial charge in [0.2, 0.25) is 0 Å². The maximum atomic E-state index is 5.25. The van der Waals surface area contributed by atoms with Gasteiger partial charge in [-0.05, 0) is 48.2 Å². The van der Waals surface area contributed by atoms with Crippen LogP contribution in [0.5, 0.6) is 11.5 Å². The average molecular weight is 369 g/mol. The molecule has 3 rings (SSSR count). The SMILES string of the molecule is COc1ccc(CCC[N+](C)(CCCc2ccc(OC)cc2)C2CC2)cc1. The summed E-state index contributed by atoms with van der Waals surface area (Å²) in [6.07, 6.45) is 7.62. The van der Waals surface area contributed by atoms with Gasteiger partial charge in [-0.15, -0.1) is 0 Å². The van der Waals surface area contributed by atoms with Crippen molar-refractivity contribution in [2.45, 2.75) is 44.6 Å². The zero-order valence-electron chi connectivity index (χ0n) is 17.1. The van der Waals surface area contributed by atoms with Crippen LogP contribution in [0.1, 0.15) is 36.8 Å².